The maximum Gasteiger partial charge on any atom is 0.247 e. The maximum atomic E-state index is 14.1. The van der Waals surface area contributed by atoms with Crippen LogP contribution in [0.25, 0.3) is 5.57 Å². The Morgan fingerprint density at radius 2 is 1.94 bits per heavy atom. The fraction of sp³-hybridized carbons (Fsp3) is 0.292. The minimum atomic E-state index is -0.961. The second kappa shape index (κ2) is 9.40. The van der Waals surface area contributed by atoms with E-state index in [9.17, 15) is 18.4 Å². The lowest BCUT2D eigenvalue weighted by molar-refractivity contribution is -0.118. The number of nitrogens with zero attached hydrogens (tertiary/aromatic N) is 1. The Bertz CT molecular complexity index is 1120. The van der Waals surface area contributed by atoms with E-state index in [1.807, 2.05) is 13.8 Å². The number of carbonyl (C=O) groups excluding carboxylic acids is 2. The second-order valence-electron chi connectivity index (χ2n) is 8.16. The Balaban J connectivity index is 1.96. The number of hydrogen-bond acceptors (Lipinski definition) is 5. The molecule has 0 saturated heterocycles. The van der Waals surface area contributed by atoms with Crippen LogP contribution >= 0.6 is 0 Å². The molecule has 32 heavy (non-hydrogen) atoms. The molecule has 3 N–H and O–H groups in total. The predicted octanol–water partition coefficient (Wildman–Crippen LogP) is 3.68. The molecule has 6 nitrogen and oxygen atoms in total. The Kier molecular flexibility index (Phi) is 6.84. The third-order valence-corrected chi connectivity index (χ3v) is 5.36. The number of carbonyl (C=O) groups is 2. The molecule has 0 saturated carbocycles. The van der Waals surface area contributed by atoms with Crippen LogP contribution in [0.2, 0.25) is 0 Å². The first-order chi connectivity index (χ1) is 15.2. The Morgan fingerprint density at radius 1 is 1.19 bits per heavy atom. The molecule has 0 bridgehead atoms. The van der Waals surface area contributed by atoms with Crippen molar-refractivity contribution in [3.8, 4) is 0 Å². The van der Waals surface area contributed by atoms with E-state index in [0.717, 1.165) is 17.7 Å². The second-order valence-corrected chi connectivity index (χ2v) is 8.16. The van der Waals surface area contributed by atoms with Gasteiger partial charge in [-0.1, -0.05) is 26.0 Å². The first-order valence-corrected chi connectivity index (χ1v) is 10.1. The van der Waals surface area contributed by atoms with Gasteiger partial charge in [0.15, 0.2) is 5.78 Å². The molecular weight excluding hydrogens is 416 g/mol. The molecule has 0 unspecified atom stereocenters. The molecule has 0 fully saturated rings. The number of halogens is 2. The molecule has 1 aromatic heterocycles. The third-order valence-electron chi connectivity index (χ3n) is 5.36. The van der Waals surface area contributed by atoms with E-state index in [4.69, 9.17) is 10.5 Å². The van der Waals surface area contributed by atoms with Crippen molar-refractivity contribution in [3.05, 3.63) is 76.6 Å². The van der Waals surface area contributed by atoms with Crippen molar-refractivity contribution in [2.24, 2.45) is 5.41 Å². The number of nitrogens with two attached hydrogens (primary N) is 1. The molecule has 1 aliphatic carbocycles. The number of rotatable bonds is 7. The zero-order valence-corrected chi connectivity index (χ0v) is 18.2. The Hall–Kier alpha value is -3.39. The van der Waals surface area contributed by atoms with E-state index >= 15 is 0 Å². The summed E-state index contributed by atoms with van der Waals surface area (Å²) in [5, 5.41) is 2.80. The van der Waals surface area contributed by atoms with Gasteiger partial charge in [-0.15, -0.1) is 0 Å². The minimum Gasteiger partial charge on any atom is -0.396 e. The van der Waals surface area contributed by atoms with Gasteiger partial charge in [-0.25, -0.2) is 8.78 Å². The maximum absolute atomic E-state index is 14.1. The summed E-state index contributed by atoms with van der Waals surface area (Å²) < 4.78 is 32.3. The third kappa shape index (κ3) is 4.75. The number of nitrogens with one attached hydrogen (secondary N) is 1. The number of methoxy groups -OCH3 is 1. The van der Waals surface area contributed by atoms with E-state index in [1.165, 1.54) is 12.3 Å². The van der Waals surface area contributed by atoms with E-state index in [-0.39, 0.29) is 22.7 Å². The monoisotopic (exact) mass is 441 g/mol. The molecular formula is C24H25F2N3O3. The van der Waals surface area contributed by atoms with Crippen LogP contribution in [0.1, 0.15) is 41.9 Å². The van der Waals surface area contributed by atoms with E-state index in [0.29, 0.717) is 36.9 Å². The molecule has 1 aliphatic rings. The summed E-state index contributed by atoms with van der Waals surface area (Å²) in [6.07, 6.45) is 5.33. The summed E-state index contributed by atoms with van der Waals surface area (Å²) in [6.45, 7) is 4.72. The van der Waals surface area contributed by atoms with Crippen molar-refractivity contribution in [3.63, 3.8) is 0 Å². The van der Waals surface area contributed by atoms with Gasteiger partial charge in [-0.05, 0) is 35.6 Å². The molecule has 1 aromatic carbocycles. The van der Waals surface area contributed by atoms with Crippen LogP contribution < -0.4 is 11.1 Å². The summed E-state index contributed by atoms with van der Waals surface area (Å²) >= 11 is 0. The summed E-state index contributed by atoms with van der Waals surface area (Å²) in [5.41, 5.74) is 7.42. The lowest BCUT2D eigenvalue weighted by Gasteiger charge is -2.32. The smallest absolute Gasteiger partial charge is 0.247 e. The van der Waals surface area contributed by atoms with Gasteiger partial charge in [0.05, 0.1) is 23.6 Å². The van der Waals surface area contributed by atoms with Gasteiger partial charge in [0.1, 0.15) is 11.6 Å². The first-order valence-electron chi connectivity index (χ1n) is 10.1. The fourth-order valence-electron chi connectivity index (χ4n) is 3.68. The number of ether oxygens (including phenoxy) is 1. The molecule has 0 atom stereocenters. The number of pyridine rings is 1. The minimum absolute atomic E-state index is 0.0734. The predicted molar refractivity (Wildman–Crippen MR) is 118 cm³/mol. The lowest BCUT2D eigenvalue weighted by Crippen LogP contribution is -2.31. The van der Waals surface area contributed by atoms with Gasteiger partial charge < -0.3 is 15.8 Å². The van der Waals surface area contributed by atoms with Gasteiger partial charge in [-0.3, -0.25) is 14.6 Å². The number of benzene rings is 1. The van der Waals surface area contributed by atoms with Crippen molar-refractivity contribution in [1.29, 1.82) is 0 Å². The number of hydrogen-bond donors (Lipinski definition) is 2. The summed E-state index contributed by atoms with van der Waals surface area (Å²) in [6, 6.07) is 4.17. The molecule has 168 valence electrons. The number of aromatic nitrogens is 1. The van der Waals surface area contributed by atoms with E-state index < -0.39 is 22.8 Å². The molecule has 1 heterocycles. The summed E-state index contributed by atoms with van der Waals surface area (Å²) in [7, 11) is 1.56. The van der Waals surface area contributed by atoms with Crippen LogP contribution in [0, 0.1) is 17.0 Å². The summed E-state index contributed by atoms with van der Waals surface area (Å²) in [4.78, 5) is 29.7. The number of anilines is 1. The van der Waals surface area contributed by atoms with E-state index in [2.05, 4.69) is 10.3 Å². The van der Waals surface area contributed by atoms with Crippen LogP contribution in [0.15, 0.2) is 48.2 Å². The van der Waals surface area contributed by atoms with E-state index in [1.54, 1.807) is 19.3 Å². The van der Waals surface area contributed by atoms with Crippen LogP contribution in [0.5, 0.6) is 0 Å². The number of nitrogen functional groups attached to an aromatic ring is 1. The van der Waals surface area contributed by atoms with Crippen molar-refractivity contribution in [2.75, 3.05) is 26.0 Å². The molecule has 0 spiro atoms. The highest BCUT2D eigenvalue weighted by molar-refractivity contribution is 6.13. The average molecular weight is 441 g/mol. The van der Waals surface area contributed by atoms with Gasteiger partial charge >= 0.3 is 0 Å². The van der Waals surface area contributed by atoms with Crippen LogP contribution in [0.3, 0.4) is 0 Å². The zero-order valence-electron chi connectivity index (χ0n) is 18.2. The van der Waals surface area contributed by atoms with Crippen molar-refractivity contribution in [1.82, 2.24) is 10.3 Å². The summed E-state index contributed by atoms with van der Waals surface area (Å²) in [5.74, 6) is -2.57. The van der Waals surface area contributed by atoms with Crippen LogP contribution in [0.4, 0.5) is 14.5 Å². The highest BCUT2D eigenvalue weighted by atomic mass is 19.1. The van der Waals surface area contributed by atoms with Gasteiger partial charge in [0.25, 0.3) is 0 Å². The standard InChI is InChI=1S/C24H25F2N3O3/c1-24(2)13-14(23(31)29-10-11-32-3)4-7-18(24)21-20(27)17(8-9-28-21)22(30)16-6-5-15(25)12-19(16)26/h4-9,12H,10-11,13,27H2,1-3H3,(H,29,31). The average Bonchev–Trinajstić information content (AvgIpc) is 2.73. The van der Waals surface area contributed by atoms with Crippen molar-refractivity contribution >= 4 is 23.0 Å². The number of allylic oxidation sites excluding steroid dienone is 3. The Morgan fingerprint density at radius 3 is 2.59 bits per heavy atom. The SMILES string of the molecule is COCCNC(=O)C1=CC=C(c2nccc(C(=O)c3ccc(F)cc3F)c2N)C(C)(C)C1. The van der Waals surface area contributed by atoms with Crippen molar-refractivity contribution in [2.45, 2.75) is 20.3 Å². The number of amides is 1. The topological polar surface area (TPSA) is 94.3 Å². The van der Waals surface area contributed by atoms with Gasteiger partial charge in [0, 0.05) is 37.1 Å². The van der Waals surface area contributed by atoms with Gasteiger partial charge in [-0.2, -0.15) is 0 Å². The highest BCUT2D eigenvalue weighted by Gasteiger charge is 2.33. The molecule has 0 radical (unpaired) electrons. The van der Waals surface area contributed by atoms with Crippen molar-refractivity contribution < 1.29 is 23.1 Å². The molecule has 0 aliphatic heterocycles. The normalized spacial score (nSPS) is 15.0. The Labute approximate surface area is 185 Å². The zero-order chi connectivity index (χ0) is 23.5. The van der Waals surface area contributed by atoms with Gasteiger partial charge in [0.2, 0.25) is 5.91 Å². The fourth-order valence-corrected chi connectivity index (χ4v) is 3.68. The molecule has 2 aromatic rings. The molecule has 3 rings (SSSR count). The number of ketones is 1. The first kappa shape index (κ1) is 23.3. The highest BCUT2D eigenvalue weighted by Crippen LogP contribution is 2.44. The lowest BCUT2D eigenvalue weighted by atomic mass is 9.73. The van der Waals surface area contributed by atoms with Crippen LogP contribution in [-0.4, -0.2) is 36.9 Å². The molecule has 1 amide bonds. The van der Waals surface area contributed by atoms with Crippen LogP contribution in [-0.2, 0) is 9.53 Å². The largest absolute Gasteiger partial charge is 0.396 e. The quantitative estimate of drug-likeness (QED) is 0.505. The molecule has 8 heteroatoms.